The lowest BCUT2D eigenvalue weighted by molar-refractivity contribution is -0.145. The van der Waals surface area contributed by atoms with Crippen LogP contribution in [0.25, 0.3) is 21.5 Å². The van der Waals surface area contributed by atoms with E-state index in [1.807, 2.05) is 35.2 Å². The molecule has 19 heteroatoms. The molecule has 3 amide bonds. The van der Waals surface area contributed by atoms with E-state index in [2.05, 4.69) is 53.0 Å². The first-order valence-corrected chi connectivity index (χ1v) is 40.0. The van der Waals surface area contributed by atoms with Crippen LogP contribution >= 0.6 is 0 Å². The number of piperazine rings is 2. The van der Waals surface area contributed by atoms with E-state index in [-0.39, 0.29) is 51.0 Å². The van der Waals surface area contributed by atoms with Crippen molar-refractivity contribution in [2.45, 2.75) is 194 Å². The molecule has 560 valence electrons. The van der Waals surface area contributed by atoms with E-state index in [4.69, 9.17) is 9.47 Å². The molecule has 10 aliphatic rings. The summed E-state index contributed by atoms with van der Waals surface area (Å²) in [7, 11) is 0. The van der Waals surface area contributed by atoms with Gasteiger partial charge in [0.05, 0.1) is 45.5 Å². The number of nitrogens with one attached hydrogen (secondary N) is 2. The molecule has 0 bridgehead atoms. The topological polar surface area (TPSA) is 208 Å². The number of carbonyl (C=O) groups is 5. The van der Waals surface area contributed by atoms with E-state index >= 15 is 0 Å². The van der Waals surface area contributed by atoms with Gasteiger partial charge in [0.2, 0.25) is 5.91 Å². The third kappa shape index (κ3) is 14.3. The van der Waals surface area contributed by atoms with Crippen molar-refractivity contribution in [2.75, 3.05) is 72.1 Å². The average molecular weight is 1440 g/mol. The minimum atomic E-state index is -0.587. The second kappa shape index (κ2) is 30.4. The number of halogens is 2. The van der Waals surface area contributed by atoms with E-state index in [0.717, 1.165) is 130 Å². The minimum absolute atomic E-state index is 0.00292. The lowest BCUT2D eigenvalue weighted by atomic mass is 9.45. The number of aromatic amines is 2. The molecule has 2 saturated heterocycles. The number of H-pyrrole nitrogens is 2. The number of rotatable bonds is 17. The Hall–Kier alpha value is -7.35. The van der Waals surface area contributed by atoms with Crippen LogP contribution < -0.4 is 11.1 Å². The molecule has 10 fully saturated rings. The number of unbranched alkanes of at least 4 members (excludes halogenated alkanes) is 1. The molecule has 0 spiro atoms. The van der Waals surface area contributed by atoms with Gasteiger partial charge >= 0.3 is 0 Å². The molecule has 17 nitrogen and oxygen atoms in total. The number of fused-ring (bicyclic) bond motifs is 12. The highest BCUT2D eigenvalue weighted by Gasteiger charge is 2.62. The Morgan fingerprint density at radius 3 is 1.38 bits per heavy atom. The highest BCUT2D eigenvalue weighted by Crippen LogP contribution is 2.68. The standard InChI is InChI=1S/C43H53FN4O5.C43H55FN4O4/c1-42-17-15-29(49)26-28(42)10-11-32-34-12-14-38(43(34,2)18-16-35(32)42)53-23-5-8-39(50)47-19-21-48(22-20-47)41(52)33-24-27(9-13-36(33)44)25-37-30-6-3-4-7-31(30)40(51)46-45-37;1-42-17-15-30(49)27-29(42)10-11-33-35-12-14-39(43(35,2)18-16-36(33)42)52-24-6-5-19-47-20-22-48(23-21-47)41(51)34-25-28(9-13-37(34)44)26-38-31-7-3-4-8-32(31)40(50)46-45-38/h3-4,6-7,9,13,24,28,32,34-35,38H,5,8,10-12,14-23,25-26H2,1-2H3,(H,46,51);3-4,7-9,13,25,29,33,35-36,39H,5-6,10-12,14-24,26-27H2,1-2H3,(H,46,50)/t28-,32-,34-,35-,38-,42-,43-;29-,33-,35-,36-,39?,42-,43-/m00/s1. The Kier molecular flexibility index (Phi) is 21.2. The summed E-state index contributed by atoms with van der Waals surface area (Å²) in [6.07, 6.45) is 24.7. The molecule has 8 saturated carbocycles. The van der Waals surface area contributed by atoms with Gasteiger partial charge in [0, 0.05) is 121 Å². The molecule has 8 aliphatic carbocycles. The van der Waals surface area contributed by atoms with Gasteiger partial charge in [0.15, 0.2) is 0 Å². The zero-order valence-electron chi connectivity index (χ0n) is 62.2. The van der Waals surface area contributed by atoms with E-state index in [1.165, 1.54) is 82.8 Å². The second-order valence-corrected chi connectivity index (χ2v) is 34.5. The molecule has 14 atom stereocenters. The fraction of sp³-hybridized carbons (Fsp3) is 0.616. The van der Waals surface area contributed by atoms with Gasteiger partial charge < -0.3 is 24.2 Å². The number of nitrogens with zero attached hydrogens (tertiary/aromatic N) is 6. The molecule has 0 radical (unpaired) electrons. The van der Waals surface area contributed by atoms with Crippen LogP contribution in [0.3, 0.4) is 0 Å². The summed E-state index contributed by atoms with van der Waals surface area (Å²) in [5, 5.41) is 16.1. The summed E-state index contributed by atoms with van der Waals surface area (Å²) in [6, 6.07) is 23.7. The van der Waals surface area contributed by atoms with Crippen molar-refractivity contribution in [2.24, 2.45) is 69.0 Å². The number of aromatic nitrogens is 4. The van der Waals surface area contributed by atoms with E-state index in [9.17, 15) is 42.3 Å². The summed E-state index contributed by atoms with van der Waals surface area (Å²) in [4.78, 5) is 96.7. The molecular formula is C86H108F2N8O9. The first kappa shape index (κ1) is 73.2. The minimum Gasteiger partial charge on any atom is -0.378 e. The first-order valence-electron chi connectivity index (χ1n) is 40.0. The number of hydrogen-bond acceptors (Lipinski definition) is 12. The third-order valence-corrected chi connectivity index (χ3v) is 29.2. The fourth-order valence-corrected chi connectivity index (χ4v) is 23.2. The van der Waals surface area contributed by atoms with Crippen molar-refractivity contribution in [3.63, 3.8) is 0 Å². The van der Waals surface area contributed by atoms with Crippen molar-refractivity contribution in [3.8, 4) is 0 Å². The Morgan fingerprint density at radius 2 is 0.905 bits per heavy atom. The number of ketones is 2. The maximum absolute atomic E-state index is 15.0. The Bertz CT molecular complexity index is 4370. The summed E-state index contributed by atoms with van der Waals surface area (Å²) >= 11 is 0. The van der Waals surface area contributed by atoms with Crippen LogP contribution in [0, 0.1) is 80.6 Å². The van der Waals surface area contributed by atoms with Gasteiger partial charge in [-0.2, -0.15) is 10.2 Å². The van der Waals surface area contributed by atoms with Crippen molar-refractivity contribution < 1.29 is 42.2 Å². The molecule has 16 rings (SSSR count). The van der Waals surface area contributed by atoms with Crippen molar-refractivity contribution >= 4 is 50.8 Å². The predicted octanol–water partition coefficient (Wildman–Crippen LogP) is 13.9. The first-order chi connectivity index (χ1) is 50.7. The molecule has 1 unspecified atom stereocenters. The highest BCUT2D eigenvalue weighted by atomic mass is 19.1. The third-order valence-electron chi connectivity index (χ3n) is 29.2. The van der Waals surface area contributed by atoms with E-state index in [0.29, 0.717) is 146 Å². The number of carbonyl (C=O) groups excluding carboxylic acids is 5. The monoisotopic (exact) mass is 1430 g/mol. The van der Waals surface area contributed by atoms with Crippen LogP contribution in [0.1, 0.15) is 212 Å². The molecule has 4 heterocycles. The normalized spacial score (nSPS) is 31.6. The molecule has 2 aromatic heterocycles. The molecule has 2 aliphatic heterocycles. The van der Waals surface area contributed by atoms with Crippen LogP contribution in [-0.2, 0) is 36.7 Å². The molecule has 105 heavy (non-hydrogen) atoms. The number of hydrogen-bond donors (Lipinski definition) is 2. The molecular weight excluding hydrogens is 1330 g/mol. The Balaban J connectivity index is 0.000000169. The summed E-state index contributed by atoms with van der Waals surface area (Å²) in [6.45, 7) is 16.6. The highest BCUT2D eigenvalue weighted by molar-refractivity contribution is 5.96. The van der Waals surface area contributed by atoms with Gasteiger partial charge in [0.25, 0.3) is 22.9 Å². The van der Waals surface area contributed by atoms with Crippen molar-refractivity contribution in [1.29, 1.82) is 0 Å². The smallest absolute Gasteiger partial charge is 0.272 e. The molecule has 4 aromatic carbocycles. The van der Waals surface area contributed by atoms with Crippen LogP contribution in [0.5, 0.6) is 0 Å². The van der Waals surface area contributed by atoms with Crippen LogP contribution in [0.2, 0.25) is 0 Å². The lowest BCUT2D eigenvalue weighted by Gasteiger charge is -2.60. The fourth-order valence-electron chi connectivity index (χ4n) is 23.2. The zero-order valence-corrected chi connectivity index (χ0v) is 62.2. The summed E-state index contributed by atoms with van der Waals surface area (Å²) < 4.78 is 43.3. The van der Waals surface area contributed by atoms with Crippen LogP contribution in [0.4, 0.5) is 8.78 Å². The number of Topliss-reactive ketones (excluding diaryl/α,β-unsaturated/α-hetero) is 2. The zero-order chi connectivity index (χ0) is 72.9. The van der Waals surface area contributed by atoms with Gasteiger partial charge in [-0.3, -0.25) is 38.5 Å². The quantitative estimate of drug-likeness (QED) is 0.0818. The van der Waals surface area contributed by atoms with Gasteiger partial charge in [0.1, 0.15) is 23.2 Å². The molecule has 2 N–H and O–H groups in total. The predicted molar refractivity (Wildman–Crippen MR) is 399 cm³/mol. The average Bonchev–Trinajstić information content (AvgIpc) is 1.69. The van der Waals surface area contributed by atoms with Gasteiger partial charge in [-0.05, 0) is 232 Å². The second-order valence-electron chi connectivity index (χ2n) is 34.5. The molecule has 6 aromatic rings. The van der Waals surface area contributed by atoms with Gasteiger partial charge in [-0.25, -0.2) is 19.0 Å². The van der Waals surface area contributed by atoms with E-state index in [1.54, 1.807) is 52.3 Å². The largest absolute Gasteiger partial charge is 0.378 e. The maximum Gasteiger partial charge on any atom is 0.272 e. The van der Waals surface area contributed by atoms with Crippen LogP contribution in [-0.4, -0.2) is 154 Å². The van der Waals surface area contributed by atoms with Crippen molar-refractivity contribution in [3.05, 3.63) is 151 Å². The number of benzene rings is 4. The number of amides is 3. The Morgan fingerprint density at radius 1 is 0.476 bits per heavy atom. The summed E-state index contributed by atoms with van der Waals surface area (Å²) in [5.41, 5.74) is 3.51. The Labute approximate surface area is 616 Å². The van der Waals surface area contributed by atoms with Crippen LogP contribution in [0.15, 0.2) is 94.5 Å². The van der Waals surface area contributed by atoms with Gasteiger partial charge in [-0.1, -0.05) is 76.2 Å². The maximum atomic E-state index is 15.0. The summed E-state index contributed by atoms with van der Waals surface area (Å²) in [5.74, 6) is 4.94. The van der Waals surface area contributed by atoms with Crippen molar-refractivity contribution in [1.82, 2.24) is 40.0 Å². The lowest BCUT2D eigenvalue weighted by Crippen LogP contribution is -2.54. The van der Waals surface area contributed by atoms with Gasteiger partial charge in [-0.15, -0.1) is 0 Å². The SMILES string of the molecule is C[C@]12CCC(=O)C[C@@H]1CC[C@@H]1[C@@H]2CC[C@]2(C)C(OCCCCN3CCN(C(=O)c4cc(Cc5n[nH]c(=O)c6ccccc56)ccc4F)CC3)CC[C@@H]12.C[C@]12CCC(=O)C[C@@H]1CC[C@@H]1[C@@H]2CC[C@]2(C)[C@@H](OCCCC(=O)N3CCN(C(=O)c4cc(Cc5n[nH]c(=O)c6ccccc56)ccc4F)CC3)CC[C@@H]12. The van der Waals surface area contributed by atoms with E-state index < -0.39 is 17.5 Å². The number of ether oxygens (including phenoxy) is 2.